The average molecular weight is 445 g/mol. The molecule has 0 unspecified atom stereocenters. The number of benzene rings is 2. The lowest BCUT2D eigenvalue weighted by atomic mass is 9.73. The standard InChI is InChI=1S/C23H29BrN2O2/c1-2-26(21-7-4-3-5-8-21)16-6-15-25-22(27)23(13-17-28-18-14-23)19-9-11-20(24)12-10-19/h3-5,7-12H,2,6,13-18H2,1H3,(H,25,27). The van der Waals surface area contributed by atoms with E-state index in [2.05, 4.69) is 69.5 Å². The van der Waals surface area contributed by atoms with Crippen molar-refractivity contribution in [2.75, 3.05) is 37.7 Å². The van der Waals surface area contributed by atoms with E-state index in [0.29, 0.717) is 19.8 Å². The van der Waals surface area contributed by atoms with Gasteiger partial charge in [-0.2, -0.15) is 0 Å². The first-order valence-electron chi connectivity index (χ1n) is 10.1. The van der Waals surface area contributed by atoms with Gasteiger partial charge in [0.15, 0.2) is 0 Å². The highest BCUT2D eigenvalue weighted by atomic mass is 79.9. The van der Waals surface area contributed by atoms with Crippen molar-refractivity contribution in [1.29, 1.82) is 0 Å². The second-order valence-corrected chi connectivity index (χ2v) is 8.14. The summed E-state index contributed by atoms with van der Waals surface area (Å²) in [6, 6.07) is 18.6. The molecule has 0 atom stereocenters. The van der Waals surface area contributed by atoms with E-state index in [1.807, 2.05) is 18.2 Å². The lowest BCUT2D eigenvalue weighted by Gasteiger charge is -2.36. The molecule has 1 aliphatic heterocycles. The lowest BCUT2D eigenvalue weighted by molar-refractivity contribution is -0.130. The predicted molar refractivity (Wildman–Crippen MR) is 118 cm³/mol. The Hall–Kier alpha value is -1.85. The summed E-state index contributed by atoms with van der Waals surface area (Å²) in [5.41, 5.74) is 1.83. The number of anilines is 1. The van der Waals surface area contributed by atoms with E-state index < -0.39 is 5.41 Å². The molecule has 0 radical (unpaired) electrons. The molecule has 0 spiro atoms. The summed E-state index contributed by atoms with van der Waals surface area (Å²) in [7, 11) is 0. The van der Waals surface area contributed by atoms with Crippen molar-refractivity contribution < 1.29 is 9.53 Å². The van der Waals surface area contributed by atoms with Crippen molar-refractivity contribution in [3.05, 3.63) is 64.6 Å². The first kappa shape index (κ1) is 20.9. The molecule has 1 N–H and O–H groups in total. The quantitative estimate of drug-likeness (QED) is 0.608. The number of amides is 1. The van der Waals surface area contributed by atoms with Crippen LogP contribution >= 0.6 is 15.9 Å². The van der Waals surface area contributed by atoms with E-state index in [9.17, 15) is 4.79 Å². The summed E-state index contributed by atoms with van der Waals surface area (Å²) in [6.45, 7) is 5.98. The van der Waals surface area contributed by atoms with E-state index >= 15 is 0 Å². The Morgan fingerprint density at radius 2 is 1.79 bits per heavy atom. The molecule has 1 fully saturated rings. The van der Waals surface area contributed by atoms with Crippen molar-refractivity contribution in [2.24, 2.45) is 0 Å². The molecule has 2 aromatic carbocycles. The molecule has 28 heavy (non-hydrogen) atoms. The summed E-state index contributed by atoms with van der Waals surface area (Å²) < 4.78 is 6.57. The molecule has 1 saturated heterocycles. The fourth-order valence-electron chi connectivity index (χ4n) is 3.89. The third-order valence-corrected chi connectivity index (χ3v) is 6.10. The number of hydrogen-bond acceptors (Lipinski definition) is 3. The van der Waals surface area contributed by atoms with Crippen molar-refractivity contribution in [1.82, 2.24) is 5.32 Å². The molecule has 2 aromatic rings. The number of carbonyl (C=O) groups excluding carboxylic acids is 1. The van der Waals surface area contributed by atoms with Crippen LogP contribution in [-0.2, 0) is 14.9 Å². The topological polar surface area (TPSA) is 41.6 Å². The van der Waals surface area contributed by atoms with Crippen LogP contribution in [0.5, 0.6) is 0 Å². The maximum absolute atomic E-state index is 13.2. The van der Waals surface area contributed by atoms with Gasteiger partial charge < -0.3 is 15.0 Å². The summed E-state index contributed by atoms with van der Waals surface area (Å²) in [5, 5.41) is 3.20. The number of rotatable bonds is 8. The lowest BCUT2D eigenvalue weighted by Crippen LogP contribution is -2.48. The summed E-state index contributed by atoms with van der Waals surface area (Å²) >= 11 is 3.49. The zero-order valence-electron chi connectivity index (χ0n) is 16.5. The molecule has 1 heterocycles. The minimum absolute atomic E-state index is 0.126. The highest BCUT2D eigenvalue weighted by molar-refractivity contribution is 9.10. The predicted octanol–water partition coefficient (Wildman–Crippen LogP) is 4.53. The average Bonchev–Trinajstić information content (AvgIpc) is 2.75. The maximum atomic E-state index is 13.2. The van der Waals surface area contributed by atoms with Crippen LogP contribution in [0.3, 0.4) is 0 Å². The summed E-state index contributed by atoms with van der Waals surface area (Å²) in [5.74, 6) is 0.126. The van der Waals surface area contributed by atoms with Crippen LogP contribution in [0.4, 0.5) is 5.69 Å². The van der Waals surface area contributed by atoms with Gasteiger partial charge in [0.2, 0.25) is 5.91 Å². The second kappa shape index (κ2) is 10.1. The summed E-state index contributed by atoms with van der Waals surface area (Å²) in [4.78, 5) is 15.5. The molecule has 0 bridgehead atoms. The molecule has 5 heteroatoms. The van der Waals surface area contributed by atoms with Crippen molar-refractivity contribution >= 4 is 27.5 Å². The van der Waals surface area contributed by atoms with Gasteiger partial charge in [-0.05, 0) is 56.0 Å². The first-order valence-corrected chi connectivity index (χ1v) is 10.9. The molecule has 0 saturated carbocycles. The Labute approximate surface area is 176 Å². The zero-order valence-corrected chi connectivity index (χ0v) is 18.1. The van der Waals surface area contributed by atoms with Crippen LogP contribution in [0.1, 0.15) is 31.7 Å². The van der Waals surface area contributed by atoms with Crippen LogP contribution in [0.2, 0.25) is 0 Å². The highest BCUT2D eigenvalue weighted by Crippen LogP contribution is 2.35. The van der Waals surface area contributed by atoms with Gasteiger partial charge in [0.1, 0.15) is 0 Å². The molecule has 4 nitrogen and oxygen atoms in total. The monoisotopic (exact) mass is 444 g/mol. The largest absolute Gasteiger partial charge is 0.381 e. The fourth-order valence-corrected chi connectivity index (χ4v) is 4.15. The third-order valence-electron chi connectivity index (χ3n) is 5.57. The van der Waals surface area contributed by atoms with Gasteiger partial charge in [-0.1, -0.05) is 46.3 Å². The molecule has 1 aliphatic rings. The van der Waals surface area contributed by atoms with E-state index in [-0.39, 0.29) is 5.91 Å². The SMILES string of the molecule is CCN(CCCNC(=O)C1(c2ccc(Br)cc2)CCOCC1)c1ccccc1. The van der Waals surface area contributed by atoms with Crippen molar-refractivity contribution in [2.45, 2.75) is 31.6 Å². The van der Waals surface area contributed by atoms with Gasteiger partial charge in [0.25, 0.3) is 0 Å². The first-order chi connectivity index (χ1) is 13.7. The van der Waals surface area contributed by atoms with Crippen LogP contribution in [0.15, 0.2) is 59.1 Å². The number of carbonyl (C=O) groups is 1. The molecule has 0 aliphatic carbocycles. The van der Waals surface area contributed by atoms with Gasteiger partial charge in [0.05, 0.1) is 5.41 Å². The number of para-hydroxylation sites is 1. The number of nitrogens with zero attached hydrogens (tertiary/aromatic N) is 1. The van der Waals surface area contributed by atoms with Gasteiger partial charge in [-0.25, -0.2) is 0 Å². The molecule has 3 rings (SSSR count). The minimum Gasteiger partial charge on any atom is -0.381 e. The van der Waals surface area contributed by atoms with Crippen molar-refractivity contribution in [3.8, 4) is 0 Å². The molecule has 150 valence electrons. The fraction of sp³-hybridized carbons (Fsp3) is 0.435. The van der Waals surface area contributed by atoms with Gasteiger partial charge >= 0.3 is 0 Å². The van der Waals surface area contributed by atoms with Crippen LogP contribution in [-0.4, -0.2) is 38.8 Å². The van der Waals surface area contributed by atoms with Crippen LogP contribution in [0, 0.1) is 0 Å². The molecule has 0 aromatic heterocycles. The maximum Gasteiger partial charge on any atom is 0.230 e. The molecule has 1 amide bonds. The van der Waals surface area contributed by atoms with Gasteiger partial charge in [-0.3, -0.25) is 4.79 Å². The van der Waals surface area contributed by atoms with Gasteiger partial charge in [-0.15, -0.1) is 0 Å². The Kier molecular flexibility index (Phi) is 7.51. The summed E-state index contributed by atoms with van der Waals surface area (Å²) in [6.07, 6.45) is 2.37. The molecular formula is C23H29BrN2O2. The number of hydrogen-bond donors (Lipinski definition) is 1. The normalized spacial score (nSPS) is 15.8. The highest BCUT2D eigenvalue weighted by Gasteiger charge is 2.41. The third kappa shape index (κ3) is 4.95. The van der Waals surface area contributed by atoms with E-state index in [4.69, 9.17) is 4.74 Å². The second-order valence-electron chi connectivity index (χ2n) is 7.23. The number of ether oxygens (including phenoxy) is 1. The number of halogens is 1. The van der Waals surface area contributed by atoms with Crippen molar-refractivity contribution in [3.63, 3.8) is 0 Å². The van der Waals surface area contributed by atoms with E-state index in [1.54, 1.807) is 0 Å². The van der Waals surface area contributed by atoms with Gasteiger partial charge in [0, 0.05) is 43.0 Å². The minimum atomic E-state index is -0.483. The van der Waals surface area contributed by atoms with Crippen LogP contribution in [0.25, 0.3) is 0 Å². The molecular weight excluding hydrogens is 416 g/mol. The smallest absolute Gasteiger partial charge is 0.230 e. The Bertz CT molecular complexity index is 743. The Morgan fingerprint density at radius 1 is 1.11 bits per heavy atom. The Morgan fingerprint density at radius 3 is 2.43 bits per heavy atom. The number of nitrogens with one attached hydrogen (secondary N) is 1. The van der Waals surface area contributed by atoms with Crippen LogP contribution < -0.4 is 10.2 Å². The Balaban J connectivity index is 1.59. The zero-order chi connectivity index (χ0) is 19.8. The van der Waals surface area contributed by atoms with E-state index in [0.717, 1.165) is 42.4 Å². The van der Waals surface area contributed by atoms with E-state index in [1.165, 1.54) is 5.69 Å².